The van der Waals surface area contributed by atoms with Crippen molar-refractivity contribution in [2.45, 2.75) is 25.1 Å². The Bertz CT molecular complexity index is 580. The highest BCUT2D eigenvalue weighted by molar-refractivity contribution is 6.32. The predicted molar refractivity (Wildman–Crippen MR) is 75.8 cm³/mol. The Morgan fingerprint density at radius 3 is 2.74 bits per heavy atom. The number of carbonyl (C=O) groups is 1. The van der Waals surface area contributed by atoms with Crippen LogP contribution in [-0.2, 0) is 11.2 Å². The zero-order valence-corrected chi connectivity index (χ0v) is 12.7. The summed E-state index contributed by atoms with van der Waals surface area (Å²) in [5, 5.41) is 11.5. The van der Waals surface area contributed by atoms with Gasteiger partial charge in [0.15, 0.2) is 17.6 Å². The van der Waals surface area contributed by atoms with E-state index in [1.165, 1.54) is 0 Å². The third-order valence-electron chi connectivity index (χ3n) is 3.14. The van der Waals surface area contributed by atoms with Crippen LogP contribution in [0.25, 0.3) is 0 Å². The van der Waals surface area contributed by atoms with Crippen molar-refractivity contribution < 1.29 is 32.5 Å². The van der Waals surface area contributed by atoms with Gasteiger partial charge in [0, 0.05) is 6.54 Å². The van der Waals surface area contributed by atoms with Crippen molar-refractivity contribution >= 4 is 17.5 Å². The molecule has 1 amide bonds. The Labute approximate surface area is 135 Å². The van der Waals surface area contributed by atoms with Gasteiger partial charge in [-0.15, -0.1) is 0 Å². The molecule has 9 heteroatoms. The smallest absolute Gasteiger partial charge is 0.414 e. The maximum absolute atomic E-state index is 12.1. The lowest BCUT2D eigenvalue weighted by molar-refractivity contribution is -0.205. The molecule has 23 heavy (non-hydrogen) atoms. The molecule has 1 aliphatic heterocycles. The molecule has 128 valence electrons. The number of ether oxygens (including phenoxy) is 2. The van der Waals surface area contributed by atoms with Crippen molar-refractivity contribution in [3.63, 3.8) is 0 Å². The number of benzene rings is 1. The average molecular weight is 354 g/mol. The third-order valence-corrected chi connectivity index (χ3v) is 3.42. The molecule has 5 nitrogen and oxygen atoms in total. The molecule has 0 aliphatic carbocycles. The monoisotopic (exact) mass is 353 g/mol. The highest BCUT2D eigenvalue weighted by atomic mass is 35.5. The molecule has 1 aromatic rings. The molecule has 2 rings (SSSR count). The van der Waals surface area contributed by atoms with Crippen molar-refractivity contribution in [3.05, 3.63) is 22.7 Å². The minimum Gasteiger partial charge on any atom is -0.486 e. The maximum atomic E-state index is 12.1. The predicted octanol–water partition coefficient (Wildman–Crippen LogP) is 2.08. The lowest BCUT2D eigenvalue weighted by atomic mass is 10.1. The zero-order chi connectivity index (χ0) is 17.0. The second-order valence-electron chi connectivity index (χ2n) is 4.97. The van der Waals surface area contributed by atoms with Crippen LogP contribution in [0.2, 0.25) is 5.02 Å². The summed E-state index contributed by atoms with van der Waals surface area (Å²) < 4.78 is 47.1. The van der Waals surface area contributed by atoms with Crippen molar-refractivity contribution in [2.75, 3.05) is 19.8 Å². The second kappa shape index (κ2) is 7.27. The van der Waals surface area contributed by atoms with Gasteiger partial charge in [-0.2, -0.15) is 13.2 Å². The van der Waals surface area contributed by atoms with Gasteiger partial charge in [-0.1, -0.05) is 11.6 Å². The van der Waals surface area contributed by atoms with Gasteiger partial charge in [0.2, 0.25) is 5.91 Å². The number of amides is 1. The number of carbonyl (C=O) groups excluding carboxylic acids is 1. The lowest BCUT2D eigenvalue weighted by Gasteiger charge is -2.20. The Hall–Kier alpha value is -1.67. The van der Waals surface area contributed by atoms with Crippen molar-refractivity contribution in [1.29, 1.82) is 0 Å². The van der Waals surface area contributed by atoms with Crippen LogP contribution >= 0.6 is 11.6 Å². The number of aliphatic hydroxyl groups excluding tert-OH is 1. The quantitative estimate of drug-likeness (QED) is 0.850. The molecular weight excluding hydrogens is 339 g/mol. The first-order valence-electron chi connectivity index (χ1n) is 6.87. The molecule has 1 unspecified atom stereocenters. The Morgan fingerprint density at radius 2 is 2.04 bits per heavy atom. The van der Waals surface area contributed by atoms with E-state index < -0.39 is 24.6 Å². The molecule has 0 saturated heterocycles. The van der Waals surface area contributed by atoms with E-state index in [1.54, 1.807) is 12.1 Å². The minimum atomic E-state index is -4.69. The Kier molecular flexibility index (Phi) is 5.59. The summed E-state index contributed by atoms with van der Waals surface area (Å²) >= 11 is 6.03. The number of hydrogen-bond acceptors (Lipinski definition) is 4. The summed E-state index contributed by atoms with van der Waals surface area (Å²) in [5.74, 6) is 0.363. The fourth-order valence-electron chi connectivity index (χ4n) is 2.03. The highest BCUT2D eigenvalue weighted by Gasteiger charge is 2.37. The van der Waals surface area contributed by atoms with Gasteiger partial charge in [0.1, 0.15) is 13.2 Å². The molecule has 1 aliphatic rings. The number of nitrogens with one attached hydrogen (secondary N) is 1. The van der Waals surface area contributed by atoms with E-state index in [9.17, 15) is 18.0 Å². The normalized spacial score (nSPS) is 15.2. The highest BCUT2D eigenvalue weighted by Crippen LogP contribution is 2.38. The molecule has 0 spiro atoms. The average Bonchev–Trinajstić information content (AvgIpc) is 2.46. The first-order valence-corrected chi connectivity index (χ1v) is 7.24. The van der Waals surface area contributed by atoms with Crippen LogP contribution < -0.4 is 14.8 Å². The van der Waals surface area contributed by atoms with Gasteiger partial charge in [-0.05, 0) is 24.1 Å². The van der Waals surface area contributed by atoms with Crippen LogP contribution in [-0.4, -0.2) is 43.1 Å². The summed E-state index contributed by atoms with van der Waals surface area (Å²) in [7, 11) is 0. The van der Waals surface area contributed by atoms with Crippen LogP contribution in [0.3, 0.4) is 0 Å². The molecule has 0 saturated carbocycles. The molecular formula is C14H15ClF3NO4. The summed E-state index contributed by atoms with van der Waals surface area (Å²) in [4.78, 5) is 11.7. The minimum absolute atomic E-state index is 0.0710. The first kappa shape index (κ1) is 17.7. The first-order chi connectivity index (χ1) is 10.8. The van der Waals surface area contributed by atoms with E-state index in [-0.39, 0.29) is 13.0 Å². The van der Waals surface area contributed by atoms with Crippen LogP contribution in [0.15, 0.2) is 12.1 Å². The van der Waals surface area contributed by atoms with Gasteiger partial charge >= 0.3 is 6.18 Å². The molecule has 0 fully saturated rings. The molecule has 0 bridgehead atoms. The number of hydrogen-bond donors (Lipinski definition) is 2. The largest absolute Gasteiger partial charge is 0.486 e. The SMILES string of the molecule is O=C(Cc1cc(Cl)c2c(c1)OCCO2)NCCC(O)C(F)(F)F. The number of rotatable bonds is 5. The van der Waals surface area contributed by atoms with Crippen LogP contribution in [0.5, 0.6) is 11.5 Å². The summed E-state index contributed by atoms with van der Waals surface area (Å²) in [6.07, 6.45) is -7.81. The molecule has 1 heterocycles. The van der Waals surface area contributed by atoms with Crippen molar-refractivity contribution in [1.82, 2.24) is 5.32 Å². The zero-order valence-electron chi connectivity index (χ0n) is 12.0. The summed E-state index contributed by atoms with van der Waals surface area (Å²) in [6.45, 7) is 0.472. The summed E-state index contributed by atoms with van der Waals surface area (Å²) in [5.41, 5.74) is 0.549. The third kappa shape index (κ3) is 4.90. The molecule has 2 N–H and O–H groups in total. The van der Waals surface area contributed by atoms with E-state index in [0.717, 1.165) is 0 Å². The van der Waals surface area contributed by atoms with Gasteiger partial charge in [0.05, 0.1) is 11.4 Å². The molecule has 1 aromatic carbocycles. The molecule has 0 radical (unpaired) electrons. The van der Waals surface area contributed by atoms with Crippen molar-refractivity contribution in [2.24, 2.45) is 0 Å². The number of alkyl halides is 3. The fourth-order valence-corrected chi connectivity index (χ4v) is 2.31. The molecule has 0 aromatic heterocycles. The van der Waals surface area contributed by atoms with Crippen LogP contribution in [0.1, 0.15) is 12.0 Å². The van der Waals surface area contributed by atoms with Gasteiger partial charge in [-0.25, -0.2) is 0 Å². The topological polar surface area (TPSA) is 67.8 Å². The van der Waals surface area contributed by atoms with E-state index in [4.69, 9.17) is 26.2 Å². The lowest BCUT2D eigenvalue weighted by Crippen LogP contribution is -2.34. The van der Waals surface area contributed by atoms with E-state index in [0.29, 0.717) is 35.3 Å². The van der Waals surface area contributed by atoms with Gasteiger partial charge in [-0.3, -0.25) is 4.79 Å². The van der Waals surface area contributed by atoms with Crippen LogP contribution in [0.4, 0.5) is 13.2 Å². The maximum Gasteiger partial charge on any atom is 0.414 e. The molecule has 1 atom stereocenters. The Morgan fingerprint density at radius 1 is 1.35 bits per heavy atom. The van der Waals surface area contributed by atoms with Crippen molar-refractivity contribution in [3.8, 4) is 11.5 Å². The number of aliphatic hydroxyl groups is 1. The van der Waals surface area contributed by atoms with E-state index >= 15 is 0 Å². The Balaban J connectivity index is 1.87. The van der Waals surface area contributed by atoms with Gasteiger partial charge < -0.3 is 19.9 Å². The van der Waals surface area contributed by atoms with Gasteiger partial charge in [0.25, 0.3) is 0 Å². The summed E-state index contributed by atoms with van der Waals surface area (Å²) in [6, 6.07) is 3.14. The standard InChI is InChI=1S/C14H15ClF3NO4/c15-9-5-8(6-10-13(9)23-4-3-22-10)7-12(21)19-2-1-11(20)14(16,17)18/h5-6,11,20H,1-4,7H2,(H,19,21). The van der Waals surface area contributed by atoms with Crippen LogP contribution in [0, 0.1) is 0 Å². The number of fused-ring (bicyclic) bond motifs is 1. The fraction of sp³-hybridized carbons (Fsp3) is 0.500. The van der Waals surface area contributed by atoms with E-state index in [2.05, 4.69) is 5.32 Å². The number of halogens is 4. The second-order valence-corrected chi connectivity index (χ2v) is 5.38. The van der Waals surface area contributed by atoms with E-state index in [1.807, 2.05) is 0 Å².